The van der Waals surface area contributed by atoms with Crippen LogP contribution in [0.15, 0.2) is 99.4 Å². The van der Waals surface area contributed by atoms with Crippen LogP contribution in [-0.2, 0) is 14.8 Å². The van der Waals surface area contributed by atoms with Crippen LogP contribution in [0.3, 0.4) is 0 Å². The first-order valence-electron chi connectivity index (χ1n) is 12.3. The number of sulfonamides is 1. The van der Waals surface area contributed by atoms with Gasteiger partial charge in [0.1, 0.15) is 12.3 Å². The fourth-order valence-electron chi connectivity index (χ4n) is 4.16. The molecule has 202 valence electrons. The van der Waals surface area contributed by atoms with Gasteiger partial charge in [-0.25, -0.2) is 13.8 Å². The number of nitrogens with one attached hydrogen (secondary N) is 1. The predicted octanol–water partition coefficient (Wildman–Crippen LogP) is 5.60. The zero-order valence-electron chi connectivity index (χ0n) is 21.8. The van der Waals surface area contributed by atoms with E-state index in [2.05, 4.69) is 31.0 Å². The highest BCUT2D eigenvalue weighted by Gasteiger charge is 2.27. The number of carbonyl (C=O) groups excluding carboxylic acids is 1. The molecule has 1 heterocycles. The minimum atomic E-state index is -4.02. The van der Waals surface area contributed by atoms with E-state index >= 15 is 0 Å². The number of ether oxygens (including phenoxy) is 1. The Balaban J connectivity index is 1.54. The SMILES string of the molecule is CCOc1ccc(N(CC(=O)N/N=C\c2cc(C)n(-c3ccc(Br)cc3)c2C)S(=O)(=O)c2ccccc2)cc1. The van der Waals surface area contributed by atoms with Crippen molar-refractivity contribution in [1.29, 1.82) is 0 Å². The molecule has 0 radical (unpaired) electrons. The summed E-state index contributed by atoms with van der Waals surface area (Å²) < 4.78 is 36.6. The maximum Gasteiger partial charge on any atom is 0.264 e. The Morgan fingerprint density at radius 2 is 1.69 bits per heavy atom. The number of nitrogens with zero attached hydrogens (tertiary/aromatic N) is 3. The van der Waals surface area contributed by atoms with E-state index in [1.54, 1.807) is 48.7 Å². The lowest BCUT2D eigenvalue weighted by Crippen LogP contribution is -2.39. The zero-order valence-corrected chi connectivity index (χ0v) is 24.2. The highest BCUT2D eigenvalue weighted by Crippen LogP contribution is 2.26. The van der Waals surface area contributed by atoms with Gasteiger partial charge in [0.05, 0.1) is 23.4 Å². The lowest BCUT2D eigenvalue weighted by molar-refractivity contribution is -0.119. The minimum absolute atomic E-state index is 0.0792. The molecule has 10 heteroatoms. The van der Waals surface area contributed by atoms with Crippen LogP contribution >= 0.6 is 15.9 Å². The third-order valence-corrected chi connectivity index (χ3v) is 8.32. The van der Waals surface area contributed by atoms with Crippen molar-refractivity contribution in [2.75, 3.05) is 17.5 Å². The minimum Gasteiger partial charge on any atom is -0.494 e. The number of halogens is 1. The van der Waals surface area contributed by atoms with Crippen molar-refractivity contribution >= 4 is 43.8 Å². The number of hydrazone groups is 1. The molecule has 0 aliphatic rings. The zero-order chi connectivity index (χ0) is 28.0. The van der Waals surface area contributed by atoms with Crippen molar-refractivity contribution in [3.05, 3.63) is 106 Å². The van der Waals surface area contributed by atoms with Gasteiger partial charge in [-0.3, -0.25) is 9.10 Å². The summed E-state index contributed by atoms with van der Waals surface area (Å²) in [6.07, 6.45) is 1.56. The lowest BCUT2D eigenvalue weighted by Gasteiger charge is -2.24. The first-order chi connectivity index (χ1) is 18.7. The van der Waals surface area contributed by atoms with Crippen molar-refractivity contribution in [2.45, 2.75) is 25.7 Å². The monoisotopic (exact) mass is 608 g/mol. The number of aromatic nitrogens is 1. The van der Waals surface area contributed by atoms with Crippen molar-refractivity contribution in [1.82, 2.24) is 9.99 Å². The van der Waals surface area contributed by atoms with E-state index in [4.69, 9.17) is 4.74 Å². The summed E-state index contributed by atoms with van der Waals surface area (Å²) in [6, 6.07) is 24.5. The smallest absolute Gasteiger partial charge is 0.264 e. The molecule has 1 N–H and O–H groups in total. The Morgan fingerprint density at radius 3 is 2.33 bits per heavy atom. The van der Waals surface area contributed by atoms with Crippen LogP contribution < -0.4 is 14.5 Å². The normalized spacial score (nSPS) is 11.5. The number of amides is 1. The van der Waals surface area contributed by atoms with Crippen molar-refractivity contribution in [3.8, 4) is 11.4 Å². The maximum atomic E-state index is 13.5. The number of carbonyl (C=O) groups is 1. The van der Waals surface area contributed by atoms with E-state index in [1.807, 2.05) is 51.1 Å². The fourth-order valence-corrected chi connectivity index (χ4v) is 5.86. The maximum absolute atomic E-state index is 13.5. The molecule has 0 atom stereocenters. The summed E-state index contributed by atoms with van der Waals surface area (Å²) in [4.78, 5) is 13.0. The van der Waals surface area contributed by atoms with Gasteiger partial charge in [0.2, 0.25) is 0 Å². The van der Waals surface area contributed by atoms with Gasteiger partial charge in [-0.05, 0) is 87.5 Å². The molecule has 0 fully saturated rings. The van der Waals surface area contributed by atoms with Gasteiger partial charge < -0.3 is 9.30 Å². The summed E-state index contributed by atoms with van der Waals surface area (Å²) >= 11 is 3.46. The third-order valence-electron chi connectivity index (χ3n) is 6.00. The van der Waals surface area contributed by atoms with Crippen LogP contribution in [0.4, 0.5) is 5.69 Å². The second-order valence-electron chi connectivity index (χ2n) is 8.68. The van der Waals surface area contributed by atoms with Crippen LogP contribution in [0, 0.1) is 13.8 Å². The third kappa shape index (κ3) is 6.58. The van der Waals surface area contributed by atoms with Crippen molar-refractivity contribution in [3.63, 3.8) is 0 Å². The molecule has 0 bridgehead atoms. The molecular formula is C29H29BrN4O4S. The first-order valence-corrected chi connectivity index (χ1v) is 14.5. The van der Waals surface area contributed by atoms with Gasteiger partial charge in [-0.2, -0.15) is 5.10 Å². The Hall–Kier alpha value is -3.89. The second-order valence-corrected chi connectivity index (χ2v) is 11.5. The summed E-state index contributed by atoms with van der Waals surface area (Å²) in [5.41, 5.74) is 6.61. The molecule has 3 aromatic carbocycles. The van der Waals surface area contributed by atoms with Crippen LogP contribution in [0.1, 0.15) is 23.9 Å². The van der Waals surface area contributed by atoms with Gasteiger partial charge in [-0.1, -0.05) is 34.1 Å². The van der Waals surface area contributed by atoms with Crippen molar-refractivity contribution in [2.24, 2.45) is 5.10 Å². The Labute approximate surface area is 237 Å². The number of rotatable bonds is 10. The van der Waals surface area contributed by atoms with E-state index in [-0.39, 0.29) is 4.90 Å². The van der Waals surface area contributed by atoms with Gasteiger partial charge in [0.25, 0.3) is 15.9 Å². The lowest BCUT2D eigenvalue weighted by atomic mass is 10.2. The van der Waals surface area contributed by atoms with Crippen molar-refractivity contribution < 1.29 is 17.9 Å². The topological polar surface area (TPSA) is 93.0 Å². The van der Waals surface area contributed by atoms with Crippen LogP contribution in [0.2, 0.25) is 0 Å². The van der Waals surface area contributed by atoms with Gasteiger partial charge in [0, 0.05) is 27.1 Å². The number of benzene rings is 3. The molecule has 8 nitrogen and oxygen atoms in total. The number of hydrogen-bond acceptors (Lipinski definition) is 5. The molecule has 4 rings (SSSR count). The van der Waals surface area contributed by atoms with E-state index in [0.29, 0.717) is 18.0 Å². The van der Waals surface area contributed by atoms with E-state index < -0.39 is 22.5 Å². The fraction of sp³-hybridized carbons (Fsp3) is 0.172. The average molecular weight is 610 g/mol. The van der Waals surface area contributed by atoms with Gasteiger partial charge in [-0.15, -0.1) is 0 Å². The largest absolute Gasteiger partial charge is 0.494 e. The molecule has 0 saturated heterocycles. The number of hydrogen-bond donors (Lipinski definition) is 1. The number of anilines is 1. The quantitative estimate of drug-likeness (QED) is 0.187. The second kappa shape index (κ2) is 12.3. The van der Waals surface area contributed by atoms with Gasteiger partial charge in [0.15, 0.2) is 0 Å². The van der Waals surface area contributed by atoms with E-state index in [1.165, 1.54) is 12.1 Å². The van der Waals surface area contributed by atoms with Crippen LogP contribution in [0.5, 0.6) is 5.75 Å². The summed E-state index contributed by atoms with van der Waals surface area (Å²) in [5.74, 6) is 0.0226. The molecule has 1 aromatic heterocycles. The molecule has 0 saturated carbocycles. The highest BCUT2D eigenvalue weighted by atomic mass is 79.9. The molecule has 0 unspecified atom stereocenters. The molecule has 1 amide bonds. The predicted molar refractivity (Wildman–Crippen MR) is 157 cm³/mol. The first kappa shape index (κ1) is 28.1. The van der Waals surface area contributed by atoms with E-state index in [0.717, 1.165) is 31.4 Å². The highest BCUT2D eigenvalue weighted by molar-refractivity contribution is 9.10. The molecule has 0 aliphatic carbocycles. The number of aryl methyl sites for hydroxylation is 1. The summed E-state index contributed by atoms with van der Waals surface area (Å²) in [5, 5.41) is 4.12. The summed E-state index contributed by atoms with van der Waals surface area (Å²) in [7, 11) is -4.02. The Kier molecular flexibility index (Phi) is 8.88. The molecule has 39 heavy (non-hydrogen) atoms. The molecule has 0 spiro atoms. The average Bonchev–Trinajstić information content (AvgIpc) is 3.21. The van der Waals surface area contributed by atoms with E-state index in [9.17, 15) is 13.2 Å². The summed E-state index contributed by atoms with van der Waals surface area (Å²) in [6.45, 7) is 5.85. The van der Waals surface area contributed by atoms with Gasteiger partial charge >= 0.3 is 0 Å². The standard InChI is InChI=1S/C29H29BrN4O4S/c1-4-38-27-16-14-25(15-17-27)33(39(36,37)28-8-6-5-7-9-28)20-29(35)32-31-19-23-18-21(2)34(22(23)3)26-12-10-24(30)11-13-26/h5-19H,4,20H2,1-3H3,(H,32,35)/b31-19-. The Morgan fingerprint density at radius 1 is 1.03 bits per heavy atom. The van der Waals surface area contributed by atoms with Crippen LogP contribution in [-0.4, -0.2) is 38.3 Å². The molecular weight excluding hydrogens is 580 g/mol. The Bertz CT molecular complexity index is 1570. The van der Waals surface area contributed by atoms with Crippen LogP contribution in [0.25, 0.3) is 5.69 Å². The molecule has 4 aromatic rings. The molecule has 0 aliphatic heterocycles.